The number of nitrogens with zero attached hydrogens (tertiary/aromatic N) is 2. The Balaban J connectivity index is 2.40. The van der Waals surface area contributed by atoms with Crippen LogP contribution in [0.1, 0.15) is 18.9 Å². The molecule has 2 aromatic rings. The van der Waals surface area contributed by atoms with E-state index in [0.717, 1.165) is 6.42 Å². The van der Waals surface area contributed by atoms with Crippen molar-refractivity contribution in [2.75, 3.05) is 6.61 Å². The van der Waals surface area contributed by atoms with E-state index in [9.17, 15) is 4.39 Å². The molecule has 0 saturated heterocycles. The Morgan fingerprint density at radius 3 is 2.84 bits per heavy atom. The first-order valence-corrected chi connectivity index (χ1v) is 6.04. The summed E-state index contributed by atoms with van der Waals surface area (Å²) in [6, 6.07) is 9.93. The lowest BCUT2D eigenvalue weighted by Crippen LogP contribution is -1.99. The molecular weight excluding hydrogens is 243 g/mol. The van der Waals surface area contributed by atoms with Crippen LogP contribution in [0.15, 0.2) is 36.5 Å². The summed E-state index contributed by atoms with van der Waals surface area (Å²) in [6.07, 6.45) is 2.32. The molecule has 0 saturated carbocycles. The van der Waals surface area contributed by atoms with Gasteiger partial charge in [0.2, 0.25) is 0 Å². The summed E-state index contributed by atoms with van der Waals surface area (Å²) >= 11 is 0. The van der Waals surface area contributed by atoms with E-state index in [0.29, 0.717) is 29.2 Å². The largest absolute Gasteiger partial charge is 0.491 e. The molecule has 4 heteroatoms. The van der Waals surface area contributed by atoms with Crippen LogP contribution in [0.4, 0.5) is 4.39 Å². The van der Waals surface area contributed by atoms with Crippen molar-refractivity contribution in [3.63, 3.8) is 0 Å². The minimum Gasteiger partial charge on any atom is -0.491 e. The van der Waals surface area contributed by atoms with Gasteiger partial charge in [-0.2, -0.15) is 5.26 Å². The highest BCUT2D eigenvalue weighted by Crippen LogP contribution is 2.25. The highest BCUT2D eigenvalue weighted by Gasteiger charge is 2.10. The lowest BCUT2D eigenvalue weighted by Gasteiger charge is -2.08. The number of rotatable bonds is 4. The first-order chi connectivity index (χ1) is 9.26. The Morgan fingerprint density at radius 2 is 2.16 bits per heavy atom. The maximum Gasteiger partial charge on any atom is 0.155 e. The zero-order valence-corrected chi connectivity index (χ0v) is 10.6. The molecule has 0 aliphatic heterocycles. The minimum atomic E-state index is -0.360. The van der Waals surface area contributed by atoms with E-state index in [1.54, 1.807) is 24.3 Å². The molecule has 0 aliphatic carbocycles. The lowest BCUT2D eigenvalue weighted by atomic mass is 10.1. The van der Waals surface area contributed by atoms with Gasteiger partial charge in [-0.05, 0) is 24.6 Å². The van der Waals surface area contributed by atoms with Gasteiger partial charge < -0.3 is 4.74 Å². The summed E-state index contributed by atoms with van der Waals surface area (Å²) in [5.74, 6) is 0.0746. The molecule has 0 N–H and O–H groups in total. The molecule has 0 radical (unpaired) electrons. The molecule has 2 rings (SSSR count). The molecule has 0 spiro atoms. The second-order valence-electron chi connectivity index (χ2n) is 4.01. The highest BCUT2D eigenvalue weighted by molar-refractivity contribution is 5.63. The van der Waals surface area contributed by atoms with E-state index < -0.39 is 0 Å². The fourth-order valence-electron chi connectivity index (χ4n) is 1.67. The van der Waals surface area contributed by atoms with Crippen molar-refractivity contribution in [3.05, 3.63) is 47.9 Å². The molecule has 96 valence electrons. The molecule has 0 atom stereocenters. The van der Waals surface area contributed by atoms with Gasteiger partial charge in [-0.15, -0.1) is 0 Å². The minimum absolute atomic E-state index is 0.360. The Morgan fingerprint density at radius 1 is 1.37 bits per heavy atom. The van der Waals surface area contributed by atoms with Gasteiger partial charge in [0, 0.05) is 5.56 Å². The average molecular weight is 256 g/mol. The molecular formula is C15H13FN2O. The van der Waals surface area contributed by atoms with Gasteiger partial charge >= 0.3 is 0 Å². The Labute approximate surface area is 111 Å². The lowest BCUT2D eigenvalue weighted by molar-refractivity contribution is 0.315. The second kappa shape index (κ2) is 5.96. The number of halogens is 1. The first kappa shape index (κ1) is 13.0. The molecule has 1 aromatic heterocycles. The quantitative estimate of drug-likeness (QED) is 0.840. The van der Waals surface area contributed by atoms with Crippen molar-refractivity contribution < 1.29 is 9.13 Å². The predicted octanol–water partition coefficient (Wildman–Crippen LogP) is 3.55. The van der Waals surface area contributed by atoms with Crippen LogP contribution < -0.4 is 4.74 Å². The normalized spacial score (nSPS) is 9.95. The van der Waals surface area contributed by atoms with Crippen LogP contribution in [0.2, 0.25) is 0 Å². The summed E-state index contributed by atoms with van der Waals surface area (Å²) in [5.41, 5.74) is 1.17. The van der Waals surface area contributed by atoms with Crippen molar-refractivity contribution in [2.45, 2.75) is 13.3 Å². The third kappa shape index (κ3) is 2.89. The third-order valence-corrected chi connectivity index (χ3v) is 2.60. The highest BCUT2D eigenvalue weighted by atomic mass is 19.1. The van der Waals surface area contributed by atoms with Crippen molar-refractivity contribution in [2.24, 2.45) is 0 Å². The van der Waals surface area contributed by atoms with Crippen LogP contribution in [0.25, 0.3) is 11.3 Å². The topological polar surface area (TPSA) is 45.9 Å². The fraction of sp³-hybridized carbons (Fsp3) is 0.200. The van der Waals surface area contributed by atoms with Crippen molar-refractivity contribution in [1.82, 2.24) is 4.98 Å². The van der Waals surface area contributed by atoms with Crippen LogP contribution in [-0.4, -0.2) is 11.6 Å². The summed E-state index contributed by atoms with van der Waals surface area (Å²) < 4.78 is 19.1. The fourth-order valence-corrected chi connectivity index (χ4v) is 1.67. The molecule has 0 bridgehead atoms. The summed E-state index contributed by atoms with van der Waals surface area (Å²) in [4.78, 5) is 4.16. The molecule has 0 fully saturated rings. The average Bonchev–Trinajstić information content (AvgIpc) is 2.45. The number of aromatic nitrogens is 1. The SMILES string of the molecule is CCCOc1cnc(-c2ccccc2F)cc1C#N. The standard InChI is InChI=1S/C15H13FN2O/c1-2-7-19-15-10-18-14(8-11(15)9-17)12-5-3-4-6-13(12)16/h3-6,8,10H,2,7H2,1H3. The van der Waals surface area contributed by atoms with Crippen molar-refractivity contribution in [1.29, 1.82) is 5.26 Å². The third-order valence-electron chi connectivity index (χ3n) is 2.60. The van der Waals surface area contributed by atoms with E-state index in [1.165, 1.54) is 12.3 Å². The van der Waals surface area contributed by atoms with Gasteiger partial charge in [-0.25, -0.2) is 4.39 Å². The maximum atomic E-state index is 13.7. The molecule has 0 amide bonds. The second-order valence-corrected chi connectivity index (χ2v) is 4.01. The number of hydrogen-bond acceptors (Lipinski definition) is 3. The number of nitriles is 1. The van der Waals surface area contributed by atoms with Crippen molar-refractivity contribution in [3.8, 4) is 23.1 Å². The number of ether oxygens (including phenoxy) is 1. The molecule has 0 aliphatic rings. The Kier molecular flexibility index (Phi) is 4.09. The Hall–Kier alpha value is -2.41. The van der Waals surface area contributed by atoms with E-state index in [1.807, 2.05) is 13.0 Å². The van der Waals surface area contributed by atoms with Gasteiger partial charge in [-0.3, -0.25) is 4.98 Å². The van der Waals surface area contributed by atoms with Gasteiger partial charge in [0.15, 0.2) is 5.75 Å². The number of pyridine rings is 1. The first-order valence-electron chi connectivity index (χ1n) is 6.04. The van der Waals surface area contributed by atoms with Crippen LogP contribution in [0, 0.1) is 17.1 Å². The smallest absolute Gasteiger partial charge is 0.155 e. The monoisotopic (exact) mass is 256 g/mol. The summed E-state index contributed by atoms with van der Waals surface area (Å²) in [7, 11) is 0. The molecule has 1 heterocycles. The van der Waals surface area contributed by atoms with Crippen molar-refractivity contribution >= 4 is 0 Å². The molecule has 1 aromatic carbocycles. The van der Waals surface area contributed by atoms with Crippen LogP contribution >= 0.6 is 0 Å². The maximum absolute atomic E-state index is 13.7. The van der Waals surface area contributed by atoms with Crippen LogP contribution in [-0.2, 0) is 0 Å². The molecule has 0 unspecified atom stereocenters. The predicted molar refractivity (Wildman–Crippen MR) is 70.1 cm³/mol. The van der Waals surface area contributed by atoms with Gasteiger partial charge in [0.25, 0.3) is 0 Å². The Bertz CT molecular complexity index is 620. The molecule has 3 nitrogen and oxygen atoms in total. The van der Waals surface area contributed by atoms with Crippen LogP contribution in [0.3, 0.4) is 0 Å². The number of hydrogen-bond donors (Lipinski definition) is 0. The molecule has 19 heavy (non-hydrogen) atoms. The summed E-state index contributed by atoms with van der Waals surface area (Å²) in [6.45, 7) is 2.50. The van der Waals surface area contributed by atoms with E-state index in [2.05, 4.69) is 4.98 Å². The number of benzene rings is 1. The van der Waals surface area contributed by atoms with E-state index in [4.69, 9.17) is 10.00 Å². The summed E-state index contributed by atoms with van der Waals surface area (Å²) in [5, 5.41) is 9.11. The van der Waals surface area contributed by atoms with Gasteiger partial charge in [0.05, 0.1) is 24.1 Å². The van der Waals surface area contributed by atoms with E-state index >= 15 is 0 Å². The van der Waals surface area contributed by atoms with Crippen LogP contribution in [0.5, 0.6) is 5.75 Å². The van der Waals surface area contributed by atoms with Gasteiger partial charge in [-0.1, -0.05) is 19.1 Å². The zero-order chi connectivity index (χ0) is 13.7. The zero-order valence-electron chi connectivity index (χ0n) is 10.6. The van der Waals surface area contributed by atoms with E-state index in [-0.39, 0.29) is 5.82 Å². The van der Waals surface area contributed by atoms with Gasteiger partial charge in [0.1, 0.15) is 11.9 Å².